The minimum Gasteiger partial charge on any atom is -0.306 e. The quantitative estimate of drug-likeness (QED) is 0.181. The highest BCUT2D eigenvalue weighted by Gasteiger charge is 2.51. The summed E-state index contributed by atoms with van der Waals surface area (Å²) in [6.45, 7) is 6.97. The highest BCUT2D eigenvalue weighted by Crippen LogP contribution is 2.59. The van der Waals surface area contributed by atoms with Gasteiger partial charge in [0, 0.05) is 18.1 Å². The zero-order valence-electron chi connectivity index (χ0n) is 30.2. The minimum absolute atomic E-state index is 0.167. The van der Waals surface area contributed by atoms with Crippen LogP contribution in [0.2, 0.25) is 0 Å². The Morgan fingerprint density at radius 1 is 0.472 bits per heavy atom. The first-order valence-electron chi connectivity index (χ1n) is 18.5. The third-order valence-electron chi connectivity index (χ3n) is 11.7. The molecule has 6 aromatic carbocycles. The topological polar surface area (TPSA) is 30.7 Å². The molecule has 2 aromatic heterocycles. The fraction of sp³-hybridized carbons (Fsp3) is 0.120. The number of rotatable bonds is 5. The van der Waals surface area contributed by atoms with Gasteiger partial charge in [0.05, 0.1) is 28.5 Å². The molecular formula is C50H39N3. The molecule has 2 aliphatic carbocycles. The summed E-state index contributed by atoms with van der Waals surface area (Å²) in [6, 6.07) is 60.5. The van der Waals surface area contributed by atoms with Crippen molar-refractivity contribution in [2.75, 3.05) is 0 Å². The van der Waals surface area contributed by atoms with E-state index in [-0.39, 0.29) is 5.41 Å². The van der Waals surface area contributed by atoms with E-state index in [9.17, 15) is 0 Å². The fourth-order valence-electron chi connectivity index (χ4n) is 9.29. The smallest absolute Gasteiger partial charge is 0.0991 e. The number of hydrogen-bond donors (Lipinski definition) is 0. The van der Waals surface area contributed by atoms with E-state index >= 15 is 0 Å². The van der Waals surface area contributed by atoms with Crippen molar-refractivity contribution in [1.82, 2.24) is 14.5 Å². The molecule has 8 aromatic rings. The summed E-state index contributed by atoms with van der Waals surface area (Å²) in [5.41, 5.74) is 15.3. The highest BCUT2D eigenvalue weighted by atomic mass is 15.0. The largest absolute Gasteiger partial charge is 0.306 e. The van der Waals surface area contributed by atoms with Gasteiger partial charge in [-0.05, 0) is 90.9 Å². The summed E-state index contributed by atoms with van der Waals surface area (Å²) >= 11 is 0. The van der Waals surface area contributed by atoms with Crippen LogP contribution in [-0.4, -0.2) is 14.5 Å². The molecule has 10 rings (SSSR count). The van der Waals surface area contributed by atoms with Crippen LogP contribution in [-0.2, 0) is 16.2 Å². The van der Waals surface area contributed by atoms with Crippen LogP contribution in [0.3, 0.4) is 0 Å². The molecule has 3 heteroatoms. The average Bonchev–Trinajstić information content (AvgIpc) is 3.92. The van der Waals surface area contributed by atoms with E-state index in [0.29, 0.717) is 0 Å². The summed E-state index contributed by atoms with van der Waals surface area (Å²) < 4.78 is 2.09. The molecule has 0 N–H and O–H groups in total. The molecule has 0 bridgehead atoms. The molecule has 2 aliphatic rings. The molecular weight excluding hydrogens is 643 g/mol. The molecule has 0 saturated carbocycles. The zero-order valence-corrected chi connectivity index (χ0v) is 30.2. The lowest BCUT2D eigenvalue weighted by Crippen LogP contribution is -2.35. The molecule has 2 heterocycles. The monoisotopic (exact) mass is 681 g/mol. The maximum absolute atomic E-state index is 6.08. The lowest BCUT2D eigenvalue weighted by Gasteiger charge is -2.38. The first-order chi connectivity index (χ1) is 25.9. The summed E-state index contributed by atoms with van der Waals surface area (Å²) in [6.07, 6.45) is 5.72. The van der Waals surface area contributed by atoms with E-state index in [1.54, 1.807) is 0 Å². The average molecular weight is 682 g/mol. The summed E-state index contributed by atoms with van der Waals surface area (Å²) in [5, 5.41) is 0. The van der Waals surface area contributed by atoms with E-state index in [1.807, 2.05) is 18.7 Å². The Hall–Kier alpha value is -6.32. The van der Waals surface area contributed by atoms with Gasteiger partial charge in [0.2, 0.25) is 0 Å². The molecule has 0 aliphatic heterocycles. The lowest BCUT2D eigenvalue weighted by atomic mass is 9.66. The van der Waals surface area contributed by atoms with Crippen LogP contribution in [0.1, 0.15) is 71.1 Å². The molecule has 0 amide bonds. The standard InChI is InChI=1S/C50H39N3/c1-48(2,3)36-31-46(49(34-16-5-4-6-17-34)42-24-11-7-20-38(42)39-21-8-12-25-43(39)49)52-47(32-36)50(35-18-15-19-37(30-35)53-29-28-51-33-53)44-26-13-9-22-40(44)41-23-10-14-27-45(41)50/h4-33H,1-3H3. The van der Waals surface area contributed by atoms with Gasteiger partial charge in [-0.25, -0.2) is 4.98 Å². The number of fused-ring (bicyclic) bond motifs is 6. The second-order valence-corrected chi connectivity index (χ2v) is 15.4. The van der Waals surface area contributed by atoms with Gasteiger partial charge in [-0.2, -0.15) is 0 Å². The van der Waals surface area contributed by atoms with Crippen LogP contribution in [0.25, 0.3) is 27.9 Å². The number of hydrogen-bond acceptors (Lipinski definition) is 2. The number of aromatic nitrogens is 3. The van der Waals surface area contributed by atoms with E-state index in [4.69, 9.17) is 4.98 Å². The Kier molecular flexibility index (Phi) is 6.87. The van der Waals surface area contributed by atoms with Crippen LogP contribution in [0, 0.1) is 0 Å². The van der Waals surface area contributed by atoms with E-state index in [0.717, 1.165) is 17.1 Å². The number of imidazole rings is 1. The molecule has 0 fully saturated rings. The van der Waals surface area contributed by atoms with Gasteiger partial charge in [0.25, 0.3) is 0 Å². The third-order valence-corrected chi connectivity index (χ3v) is 11.7. The van der Waals surface area contributed by atoms with Gasteiger partial charge in [-0.1, -0.05) is 160 Å². The normalized spacial score (nSPS) is 14.6. The Morgan fingerprint density at radius 3 is 1.40 bits per heavy atom. The zero-order chi connectivity index (χ0) is 35.8. The second-order valence-electron chi connectivity index (χ2n) is 15.4. The summed E-state index contributed by atoms with van der Waals surface area (Å²) in [7, 11) is 0. The van der Waals surface area contributed by atoms with Gasteiger partial charge in [-0.3, -0.25) is 4.98 Å². The Balaban J connectivity index is 1.38. The van der Waals surface area contributed by atoms with Crippen LogP contribution >= 0.6 is 0 Å². The highest BCUT2D eigenvalue weighted by molar-refractivity contribution is 5.88. The maximum atomic E-state index is 6.08. The first kappa shape index (κ1) is 31.4. The predicted octanol–water partition coefficient (Wildman–Crippen LogP) is 11.3. The van der Waals surface area contributed by atoms with Gasteiger partial charge in [0.15, 0.2) is 0 Å². The van der Waals surface area contributed by atoms with Crippen LogP contribution in [0.4, 0.5) is 0 Å². The maximum Gasteiger partial charge on any atom is 0.0991 e. The van der Waals surface area contributed by atoms with Crippen molar-refractivity contribution in [1.29, 1.82) is 0 Å². The SMILES string of the molecule is CC(C)(C)c1cc(C2(c3ccccc3)c3ccccc3-c3ccccc32)nc(C2(c3cccc(-n4ccnc4)c3)c3ccccc3-c3ccccc32)c1. The molecule has 0 saturated heterocycles. The fourth-order valence-corrected chi connectivity index (χ4v) is 9.29. The minimum atomic E-state index is -0.699. The summed E-state index contributed by atoms with van der Waals surface area (Å²) in [5.74, 6) is 0. The predicted molar refractivity (Wildman–Crippen MR) is 215 cm³/mol. The second kappa shape index (κ2) is 11.6. The van der Waals surface area contributed by atoms with Crippen molar-refractivity contribution in [2.45, 2.75) is 37.0 Å². The van der Waals surface area contributed by atoms with E-state index in [1.165, 1.54) is 61.2 Å². The van der Waals surface area contributed by atoms with Crippen LogP contribution in [0.15, 0.2) is 183 Å². The molecule has 254 valence electrons. The number of benzene rings is 6. The number of nitrogens with zero attached hydrogens (tertiary/aromatic N) is 3. The van der Waals surface area contributed by atoms with Crippen molar-refractivity contribution in [3.05, 3.63) is 233 Å². The third kappa shape index (κ3) is 4.40. The van der Waals surface area contributed by atoms with Gasteiger partial charge in [0.1, 0.15) is 0 Å². The molecule has 0 unspecified atom stereocenters. The Bertz CT molecular complexity index is 2570. The molecule has 0 atom stereocenters. The Labute approximate surface area is 311 Å². The van der Waals surface area contributed by atoms with Crippen molar-refractivity contribution >= 4 is 0 Å². The van der Waals surface area contributed by atoms with Crippen molar-refractivity contribution in [3.8, 4) is 27.9 Å². The summed E-state index contributed by atoms with van der Waals surface area (Å²) in [4.78, 5) is 10.5. The van der Waals surface area contributed by atoms with Crippen molar-refractivity contribution in [3.63, 3.8) is 0 Å². The number of pyridine rings is 1. The van der Waals surface area contributed by atoms with Crippen molar-refractivity contribution < 1.29 is 0 Å². The molecule has 0 spiro atoms. The van der Waals surface area contributed by atoms with E-state index in [2.05, 4.69) is 194 Å². The molecule has 3 nitrogen and oxygen atoms in total. The molecule has 0 radical (unpaired) electrons. The van der Waals surface area contributed by atoms with Crippen LogP contribution < -0.4 is 0 Å². The van der Waals surface area contributed by atoms with E-state index < -0.39 is 10.8 Å². The van der Waals surface area contributed by atoms with Crippen molar-refractivity contribution in [2.24, 2.45) is 0 Å². The Morgan fingerprint density at radius 2 is 0.925 bits per heavy atom. The first-order valence-corrected chi connectivity index (χ1v) is 18.5. The van der Waals surface area contributed by atoms with Crippen LogP contribution in [0.5, 0.6) is 0 Å². The van der Waals surface area contributed by atoms with Gasteiger partial charge >= 0.3 is 0 Å². The molecule has 53 heavy (non-hydrogen) atoms. The van der Waals surface area contributed by atoms with Gasteiger partial charge in [-0.15, -0.1) is 0 Å². The lowest BCUT2D eigenvalue weighted by molar-refractivity contribution is 0.577. The van der Waals surface area contributed by atoms with Gasteiger partial charge < -0.3 is 4.57 Å².